The summed E-state index contributed by atoms with van der Waals surface area (Å²) in [5.41, 5.74) is 1.92. The molecule has 1 fully saturated rings. The number of pyridine rings is 1. The molecule has 4 nitrogen and oxygen atoms in total. The molecule has 0 spiro atoms. The standard InChI is InChI=1S/C22H23N3O.2ClH/c1-15-13-19(11-12-23-15)22(26)25-21-8-4-7-20(24-21)18-10-9-16-5-2-3-6-17(16)14-18;;/h2-10,14-15,19,23H,11-13H2,1H3,(H,24,25,26);2*1H/t15-,19-;;/m0../s1. The Labute approximate surface area is 178 Å². The summed E-state index contributed by atoms with van der Waals surface area (Å²) >= 11 is 0. The van der Waals surface area contributed by atoms with Crippen LogP contribution >= 0.6 is 24.8 Å². The van der Waals surface area contributed by atoms with E-state index in [0.717, 1.165) is 30.6 Å². The summed E-state index contributed by atoms with van der Waals surface area (Å²) in [6.45, 7) is 3.02. The van der Waals surface area contributed by atoms with Gasteiger partial charge in [0.2, 0.25) is 5.91 Å². The number of nitrogens with one attached hydrogen (secondary N) is 2. The second-order valence-electron chi connectivity index (χ2n) is 7.04. The Balaban J connectivity index is 0.00000140. The van der Waals surface area contributed by atoms with Gasteiger partial charge in [-0.2, -0.15) is 0 Å². The summed E-state index contributed by atoms with van der Waals surface area (Å²) in [7, 11) is 0. The van der Waals surface area contributed by atoms with Gasteiger partial charge in [-0.05, 0) is 55.3 Å². The minimum Gasteiger partial charge on any atom is -0.314 e. The van der Waals surface area contributed by atoms with Gasteiger partial charge < -0.3 is 10.6 Å². The van der Waals surface area contributed by atoms with Gasteiger partial charge in [0, 0.05) is 17.5 Å². The molecule has 1 amide bonds. The molecule has 0 unspecified atom stereocenters. The van der Waals surface area contributed by atoms with E-state index in [0.29, 0.717) is 11.9 Å². The van der Waals surface area contributed by atoms with E-state index in [2.05, 4.69) is 52.9 Å². The molecule has 2 atom stereocenters. The molecule has 0 bridgehead atoms. The van der Waals surface area contributed by atoms with Gasteiger partial charge in [-0.1, -0.05) is 42.5 Å². The van der Waals surface area contributed by atoms with E-state index in [1.807, 2.05) is 30.3 Å². The number of carbonyl (C=O) groups excluding carboxylic acids is 1. The van der Waals surface area contributed by atoms with Crippen molar-refractivity contribution in [2.75, 3.05) is 11.9 Å². The van der Waals surface area contributed by atoms with E-state index >= 15 is 0 Å². The third kappa shape index (κ3) is 5.02. The van der Waals surface area contributed by atoms with E-state index in [4.69, 9.17) is 0 Å². The lowest BCUT2D eigenvalue weighted by atomic mass is 9.92. The number of anilines is 1. The average molecular weight is 418 g/mol. The first-order chi connectivity index (χ1) is 12.7. The number of hydrogen-bond donors (Lipinski definition) is 2. The molecule has 1 aliphatic rings. The number of piperidine rings is 1. The molecule has 6 heteroatoms. The van der Waals surface area contributed by atoms with E-state index in [-0.39, 0.29) is 36.6 Å². The highest BCUT2D eigenvalue weighted by molar-refractivity contribution is 5.92. The highest BCUT2D eigenvalue weighted by Crippen LogP contribution is 2.24. The van der Waals surface area contributed by atoms with E-state index < -0.39 is 0 Å². The molecule has 0 radical (unpaired) electrons. The highest BCUT2D eigenvalue weighted by atomic mass is 35.5. The second-order valence-corrected chi connectivity index (χ2v) is 7.04. The van der Waals surface area contributed by atoms with Crippen LogP contribution < -0.4 is 10.6 Å². The Kier molecular flexibility index (Phi) is 7.81. The lowest BCUT2D eigenvalue weighted by Gasteiger charge is -2.26. The average Bonchev–Trinajstić information content (AvgIpc) is 2.68. The molecule has 2 heterocycles. The lowest BCUT2D eigenvalue weighted by Crippen LogP contribution is -2.40. The number of hydrogen-bond acceptors (Lipinski definition) is 3. The van der Waals surface area contributed by atoms with Crippen LogP contribution in [0.15, 0.2) is 60.7 Å². The quantitative estimate of drug-likeness (QED) is 0.624. The molecule has 1 aliphatic heterocycles. The largest absolute Gasteiger partial charge is 0.314 e. The minimum absolute atomic E-state index is 0. The Bertz CT molecular complexity index is 948. The van der Waals surface area contributed by atoms with Crippen molar-refractivity contribution in [3.63, 3.8) is 0 Å². The number of halogens is 2. The maximum absolute atomic E-state index is 12.6. The number of nitrogens with zero attached hydrogens (tertiary/aromatic N) is 1. The third-order valence-corrected chi connectivity index (χ3v) is 5.04. The molecular formula is C22H25Cl2N3O. The van der Waals surface area contributed by atoms with Crippen molar-refractivity contribution in [3.05, 3.63) is 60.7 Å². The number of aromatic nitrogens is 1. The first kappa shape index (κ1) is 22.2. The summed E-state index contributed by atoms with van der Waals surface area (Å²) in [6.07, 6.45) is 1.75. The first-order valence-corrected chi connectivity index (χ1v) is 9.19. The van der Waals surface area contributed by atoms with Crippen LogP contribution in [0, 0.1) is 5.92 Å². The van der Waals surface area contributed by atoms with Gasteiger partial charge >= 0.3 is 0 Å². The first-order valence-electron chi connectivity index (χ1n) is 9.19. The molecule has 1 saturated heterocycles. The molecule has 2 aromatic carbocycles. The molecule has 0 aliphatic carbocycles. The van der Waals surface area contributed by atoms with Gasteiger partial charge in [0.15, 0.2) is 0 Å². The fraction of sp³-hybridized carbons (Fsp3) is 0.273. The van der Waals surface area contributed by atoms with Gasteiger partial charge in [0.05, 0.1) is 5.69 Å². The van der Waals surface area contributed by atoms with Crippen LogP contribution in [-0.2, 0) is 4.79 Å². The fourth-order valence-electron chi connectivity index (χ4n) is 3.61. The van der Waals surface area contributed by atoms with Crippen molar-refractivity contribution in [2.45, 2.75) is 25.8 Å². The number of carbonyl (C=O) groups is 1. The molecule has 4 rings (SSSR count). The predicted molar refractivity (Wildman–Crippen MR) is 120 cm³/mol. The van der Waals surface area contributed by atoms with Crippen molar-refractivity contribution in [3.8, 4) is 11.3 Å². The van der Waals surface area contributed by atoms with Gasteiger partial charge in [-0.25, -0.2) is 4.98 Å². The summed E-state index contributed by atoms with van der Waals surface area (Å²) in [5.74, 6) is 0.741. The third-order valence-electron chi connectivity index (χ3n) is 5.04. The topological polar surface area (TPSA) is 54.0 Å². The molecule has 1 aromatic heterocycles. The van der Waals surface area contributed by atoms with E-state index in [9.17, 15) is 4.79 Å². The Morgan fingerprint density at radius 3 is 2.61 bits per heavy atom. The van der Waals surface area contributed by atoms with Gasteiger partial charge in [0.1, 0.15) is 5.82 Å². The van der Waals surface area contributed by atoms with Crippen LogP contribution in [0.1, 0.15) is 19.8 Å². The zero-order valence-corrected chi connectivity index (χ0v) is 17.4. The zero-order valence-electron chi connectivity index (χ0n) is 15.7. The minimum atomic E-state index is 0. The maximum Gasteiger partial charge on any atom is 0.228 e. The Morgan fingerprint density at radius 1 is 1.04 bits per heavy atom. The fourth-order valence-corrected chi connectivity index (χ4v) is 3.61. The Morgan fingerprint density at radius 2 is 1.82 bits per heavy atom. The molecule has 2 N–H and O–H groups in total. The number of rotatable bonds is 3. The molecule has 3 aromatic rings. The maximum atomic E-state index is 12.6. The summed E-state index contributed by atoms with van der Waals surface area (Å²) in [5, 5.41) is 8.78. The molecule has 148 valence electrons. The van der Waals surface area contributed by atoms with Gasteiger partial charge in [-0.3, -0.25) is 4.79 Å². The SMILES string of the molecule is C[C@H]1C[C@@H](C(=O)Nc2cccc(-c3ccc4ccccc4c3)n2)CCN1.Cl.Cl. The van der Waals surface area contributed by atoms with Crippen LogP contribution in [0.2, 0.25) is 0 Å². The van der Waals surface area contributed by atoms with Crippen molar-refractivity contribution >= 4 is 47.3 Å². The van der Waals surface area contributed by atoms with Crippen molar-refractivity contribution in [1.82, 2.24) is 10.3 Å². The molecule has 0 saturated carbocycles. The predicted octanol–water partition coefficient (Wildman–Crippen LogP) is 5.07. The summed E-state index contributed by atoms with van der Waals surface area (Å²) in [4.78, 5) is 17.2. The van der Waals surface area contributed by atoms with E-state index in [1.54, 1.807) is 0 Å². The van der Waals surface area contributed by atoms with Crippen LogP contribution in [0.5, 0.6) is 0 Å². The van der Waals surface area contributed by atoms with Crippen molar-refractivity contribution < 1.29 is 4.79 Å². The van der Waals surface area contributed by atoms with Crippen LogP contribution in [0.4, 0.5) is 5.82 Å². The molecule has 28 heavy (non-hydrogen) atoms. The summed E-state index contributed by atoms with van der Waals surface area (Å²) < 4.78 is 0. The van der Waals surface area contributed by atoms with Crippen molar-refractivity contribution in [2.24, 2.45) is 5.92 Å². The zero-order chi connectivity index (χ0) is 17.9. The van der Waals surface area contributed by atoms with Gasteiger partial charge in [0.25, 0.3) is 0 Å². The normalized spacial score (nSPS) is 18.6. The monoisotopic (exact) mass is 417 g/mol. The number of fused-ring (bicyclic) bond motifs is 1. The highest BCUT2D eigenvalue weighted by Gasteiger charge is 2.24. The molecular weight excluding hydrogens is 393 g/mol. The number of benzene rings is 2. The van der Waals surface area contributed by atoms with Crippen molar-refractivity contribution in [1.29, 1.82) is 0 Å². The van der Waals surface area contributed by atoms with E-state index in [1.165, 1.54) is 10.8 Å². The summed E-state index contributed by atoms with van der Waals surface area (Å²) in [6, 6.07) is 20.8. The van der Waals surface area contributed by atoms with Crippen LogP contribution in [0.25, 0.3) is 22.0 Å². The number of amides is 1. The van der Waals surface area contributed by atoms with Crippen LogP contribution in [0.3, 0.4) is 0 Å². The van der Waals surface area contributed by atoms with Gasteiger partial charge in [-0.15, -0.1) is 24.8 Å². The lowest BCUT2D eigenvalue weighted by molar-refractivity contribution is -0.120. The smallest absolute Gasteiger partial charge is 0.228 e. The Hall–Kier alpha value is -2.14. The second kappa shape index (κ2) is 9.87. The van der Waals surface area contributed by atoms with Crippen LogP contribution in [-0.4, -0.2) is 23.5 Å².